The summed E-state index contributed by atoms with van der Waals surface area (Å²) in [4.78, 5) is 9.10. The second-order valence-corrected chi connectivity index (χ2v) is 10.1. The molecule has 0 aliphatic carbocycles. The SMILES string of the molecule is C[C@H](N=Cc1c([O-])ccc2ccccc12)c1ccccc1.C[C@H](N=Cc1c([O-])ccc2ccccc12)c1ccccc1.[Cu+2]. The second kappa shape index (κ2) is 15.0. The number of aliphatic imine (C=N–C) groups is 2. The van der Waals surface area contributed by atoms with Crippen LogP contribution < -0.4 is 10.2 Å². The van der Waals surface area contributed by atoms with E-state index in [0.717, 1.165) is 32.7 Å². The van der Waals surface area contributed by atoms with E-state index in [4.69, 9.17) is 0 Å². The number of benzene rings is 6. The minimum absolute atomic E-state index is 0. The quantitative estimate of drug-likeness (QED) is 0.141. The molecule has 0 bridgehead atoms. The monoisotopic (exact) mass is 611 g/mol. The van der Waals surface area contributed by atoms with Gasteiger partial charge in [-0.1, -0.05) is 145 Å². The predicted octanol–water partition coefficient (Wildman–Crippen LogP) is 8.18. The zero-order valence-corrected chi connectivity index (χ0v) is 25.0. The molecule has 6 aromatic carbocycles. The van der Waals surface area contributed by atoms with Crippen LogP contribution in [-0.4, -0.2) is 12.4 Å². The summed E-state index contributed by atoms with van der Waals surface area (Å²) in [6.45, 7) is 4.06. The van der Waals surface area contributed by atoms with Crippen molar-refractivity contribution >= 4 is 34.0 Å². The van der Waals surface area contributed by atoms with Gasteiger partial charge in [-0.05, 0) is 57.6 Å². The fraction of sp³-hybridized carbons (Fsp3) is 0.105. The largest absolute Gasteiger partial charge is 2.00 e. The maximum atomic E-state index is 12.1. The van der Waals surface area contributed by atoms with E-state index in [1.165, 1.54) is 0 Å². The fourth-order valence-corrected chi connectivity index (χ4v) is 4.83. The fourth-order valence-electron chi connectivity index (χ4n) is 4.83. The van der Waals surface area contributed by atoms with Gasteiger partial charge in [0.15, 0.2) is 0 Å². The van der Waals surface area contributed by atoms with E-state index in [1.807, 2.05) is 135 Å². The third kappa shape index (κ3) is 7.78. The van der Waals surface area contributed by atoms with Crippen LogP contribution in [0, 0.1) is 0 Å². The first-order valence-corrected chi connectivity index (χ1v) is 14.0. The molecule has 0 spiro atoms. The molecule has 0 saturated heterocycles. The zero-order valence-electron chi connectivity index (χ0n) is 24.0. The van der Waals surface area contributed by atoms with E-state index in [1.54, 1.807) is 24.6 Å². The van der Waals surface area contributed by atoms with Crippen LogP contribution >= 0.6 is 0 Å². The molecular formula is C38H32CuN2O2. The van der Waals surface area contributed by atoms with Gasteiger partial charge in [0.25, 0.3) is 0 Å². The molecule has 4 nitrogen and oxygen atoms in total. The summed E-state index contributed by atoms with van der Waals surface area (Å²) in [6, 6.07) is 42.9. The summed E-state index contributed by atoms with van der Waals surface area (Å²) in [5.41, 5.74) is 3.61. The van der Waals surface area contributed by atoms with Crippen LogP contribution in [0.25, 0.3) is 21.5 Å². The van der Waals surface area contributed by atoms with Gasteiger partial charge < -0.3 is 10.2 Å². The molecule has 0 fully saturated rings. The molecule has 0 amide bonds. The average Bonchev–Trinajstić information content (AvgIpc) is 3.04. The second-order valence-electron chi connectivity index (χ2n) is 10.1. The van der Waals surface area contributed by atoms with E-state index < -0.39 is 0 Å². The third-order valence-electron chi connectivity index (χ3n) is 7.28. The Morgan fingerprint density at radius 3 is 1.21 bits per heavy atom. The van der Waals surface area contributed by atoms with Gasteiger partial charge in [-0.25, -0.2) is 0 Å². The molecule has 43 heavy (non-hydrogen) atoms. The molecule has 217 valence electrons. The van der Waals surface area contributed by atoms with Gasteiger partial charge >= 0.3 is 17.1 Å². The van der Waals surface area contributed by atoms with Crippen molar-refractivity contribution in [2.24, 2.45) is 9.98 Å². The summed E-state index contributed by atoms with van der Waals surface area (Å²) < 4.78 is 0. The van der Waals surface area contributed by atoms with Crippen molar-refractivity contribution in [1.82, 2.24) is 0 Å². The molecular weight excluding hydrogens is 580 g/mol. The summed E-state index contributed by atoms with van der Waals surface area (Å²) in [6.07, 6.45) is 3.42. The van der Waals surface area contributed by atoms with Gasteiger partial charge in [-0.15, -0.1) is 0 Å². The van der Waals surface area contributed by atoms with Crippen LogP contribution in [0.15, 0.2) is 143 Å². The molecule has 0 unspecified atom stereocenters. The third-order valence-corrected chi connectivity index (χ3v) is 7.28. The standard InChI is InChI=1S/2C19H17NO.Cu/c2*1-14(15-7-3-2-4-8-15)20-13-18-17-10-6-5-9-16(17)11-12-19(18)21;/h2*2-14,21H,1H3;/q;;+2/p-2/t2*14-;/m00./s1. The van der Waals surface area contributed by atoms with Crippen molar-refractivity contribution in [3.63, 3.8) is 0 Å². The Labute approximate surface area is 263 Å². The topological polar surface area (TPSA) is 70.8 Å². The van der Waals surface area contributed by atoms with E-state index in [-0.39, 0.29) is 40.7 Å². The Bertz CT molecular complexity index is 1700. The van der Waals surface area contributed by atoms with Gasteiger partial charge in [-0.3, -0.25) is 9.98 Å². The van der Waals surface area contributed by atoms with Gasteiger partial charge in [0.1, 0.15) is 0 Å². The van der Waals surface area contributed by atoms with Crippen molar-refractivity contribution in [2.45, 2.75) is 25.9 Å². The Morgan fingerprint density at radius 1 is 0.465 bits per heavy atom. The number of hydrogen-bond acceptors (Lipinski definition) is 4. The molecule has 5 heteroatoms. The van der Waals surface area contributed by atoms with Crippen LogP contribution in [0.1, 0.15) is 48.2 Å². The molecule has 0 aromatic heterocycles. The van der Waals surface area contributed by atoms with Crippen molar-refractivity contribution in [3.8, 4) is 11.5 Å². The maximum absolute atomic E-state index is 12.1. The van der Waals surface area contributed by atoms with Gasteiger partial charge in [0.05, 0.1) is 12.1 Å². The Hall–Kier alpha value is -4.70. The van der Waals surface area contributed by atoms with Crippen LogP contribution in [0.5, 0.6) is 11.5 Å². The Morgan fingerprint density at radius 2 is 0.814 bits per heavy atom. The number of fused-ring (bicyclic) bond motifs is 2. The van der Waals surface area contributed by atoms with E-state index in [2.05, 4.69) is 9.98 Å². The number of nitrogens with zero attached hydrogens (tertiary/aromatic N) is 2. The van der Waals surface area contributed by atoms with E-state index >= 15 is 0 Å². The Kier molecular flexibility index (Phi) is 10.9. The summed E-state index contributed by atoms with van der Waals surface area (Å²) in [5.74, 6) is 0.0235. The van der Waals surface area contributed by atoms with Gasteiger partial charge in [0.2, 0.25) is 0 Å². The van der Waals surface area contributed by atoms with E-state index in [0.29, 0.717) is 11.1 Å². The molecule has 0 saturated carbocycles. The van der Waals surface area contributed by atoms with Gasteiger partial charge in [0, 0.05) is 12.4 Å². The Balaban J connectivity index is 0.000000192. The molecule has 6 aromatic rings. The van der Waals surface area contributed by atoms with Crippen LogP contribution in [-0.2, 0) is 17.1 Å². The van der Waals surface area contributed by atoms with Crippen LogP contribution in [0.4, 0.5) is 0 Å². The van der Waals surface area contributed by atoms with Crippen LogP contribution in [0.2, 0.25) is 0 Å². The summed E-state index contributed by atoms with van der Waals surface area (Å²) in [7, 11) is 0. The van der Waals surface area contributed by atoms with Crippen molar-refractivity contribution in [3.05, 3.63) is 156 Å². The maximum Gasteiger partial charge on any atom is 2.00 e. The molecule has 1 radical (unpaired) electrons. The molecule has 0 aliphatic rings. The minimum Gasteiger partial charge on any atom is -0.872 e. The predicted molar refractivity (Wildman–Crippen MR) is 172 cm³/mol. The molecule has 2 atom stereocenters. The zero-order chi connectivity index (χ0) is 29.3. The minimum atomic E-state index is 0. The molecule has 0 heterocycles. The normalized spacial score (nSPS) is 12.5. The molecule has 0 N–H and O–H groups in total. The van der Waals surface area contributed by atoms with Crippen molar-refractivity contribution in [1.29, 1.82) is 0 Å². The first-order valence-electron chi connectivity index (χ1n) is 14.0. The smallest absolute Gasteiger partial charge is 0.872 e. The first-order chi connectivity index (χ1) is 20.5. The first kappa shape index (κ1) is 31.2. The summed E-state index contributed by atoms with van der Waals surface area (Å²) in [5, 5.41) is 28.2. The number of hydrogen-bond donors (Lipinski definition) is 0. The molecule has 6 rings (SSSR count). The van der Waals surface area contributed by atoms with E-state index in [9.17, 15) is 10.2 Å². The molecule has 0 aliphatic heterocycles. The summed E-state index contributed by atoms with van der Waals surface area (Å²) >= 11 is 0. The van der Waals surface area contributed by atoms with Crippen molar-refractivity contribution < 1.29 is 27.3 Å². The average molecular weight is 612 g/mol. The number of rotatable bonds is 6. The van der Waals surface area contributed by atoms with Gasteiger partial charge in [-0.2, -0.15) is 0 Å². The van der Waals surface area contributed by atoms with Crippen molar-refractivity contribution in [2.75, 3.05) is 0 Å². The van der Waals surface area contributed by atoms with Crippen LogP contribution in [0.3, 0.4) is 0 Å².